The molecular weight excluding hydrogens is 466 g/mol. The number of aromatic nitrogens is 1. The molecule has 2 fully saturated rings. The molecule has 3 amide bonds. The molecule has 2 aliphatic carbocycles. The number of hydrogen-bond donors (Lipinski definition) is 1. The van der Waals surface area contributed by atoms with Crippen molar-refractivity contribution >= 4 is 62.4 Å². The van der Waals surface area contributed by atoms with Crippen LogP contribution in [0.1, 0.15) is 17.5 Å². The number of benzene rings is 2. The van der Waals surface area contributed by atoms with Crippen LogP contribution in [0.2, 0.25) is 0 Å². The van der Waals surface area contributed by atoms with Crippen molar-refractivity contribution in [3.05, 3.63) is 59.7 Å². The standard InChI is InChI=1S/C26H23N3O3S2/c1-13-4-3-5-18(14(13)2)27-21(30)12-33-26-28-19-9-8-17(11-20(19)34-26)29-24(31)22-15-6-7-16(10-15)23(22)25(29)32/h3-9,11,15-16,22-23H,10,12H2,1-2H3,(H,27,30)/t15-,16-,22+,23+/m0/s1. The average molecular weight is 490 g/mol. The number of thioether (sulfide) groups is 1. The number of thiazole rings is 1. The van der Waals surface area contributed by atoms with Crippen LogP contribution < -0.4 is 10.2 Å². The lowest BCUT2D eigenvalue weighted by atomic mass is 9.85. The van der Waals surface area contributed by atoms with E-state index >= 15 is 0 Å². The van der Waals surface area contributed by atoms with Crippen LogP contribution in [0.3, 0.4) is 0 Å². The van der Waals surface area contributed by atoms with Crippen molar-refractivity contribution in [2.45, 2.75) is 24.6 Å². The van der Waals surface area contributed by atoms with Gasteiger partial charge in [0, 0.05) is 5.69 Å². The fourth-order valence-corrected chi connectivity index (χ4v) is 7.35. The van der Waals surface area contributed by atoms with E-state index in [0.29, 0.717) is 5.69 Å². The molecule has 3 aromatic rings. The van der Waals surface area contributed by atoms with Gasteiger partial charge in [-0.05, 0) is 67.5 Å². The summed E-state index contributed by atoms with van der Waals surface area (Å²) in [5, 5.41) is 2.97. The highest BCUT2D eigenvalue weighted by Crippen LogP contribution is 2.53. The van der Waals surface area contributed by atoms with E-state index in [4.69, 9.17) is 0 Å². The van der Waals surface area contributed by atoms with Crippen LogP contribution in [0.15, 0.2) is 52.9 Å². The molecule has 34 heavy (non-hydrogen) atoms. The van der Waals surface area contributed by atoms with Gasteiger partial charge in [-0.2, -0.15) is 0 Å². The molecule has 2 bridgehead atoms. The van der Waals surface area contributed by atoms with Crippen molar-refractivity contribution in [3.8, 4) is 0 Å². The van der Waals surface area contributed by atoms with E-state index in [1.165, 1.54) is 28.0 Å². The van der Waals surface area contributed by atoms with Crippen LogP contribution in [0, 0.1) is 37.5 Å². The normalized spacial score (nSPS) is 24.9. The van der Waals surface area contributed by atoms with Crippen molar-refractivity contribution in [3.63, 3.8) is 0 Å². The van der Waals surface area contributed by atoms with E-state index in [0.717, 1.165) is 37.8 Å². The summed E-state index contributed by atoms with van der Waals surface area (Å²) < 4.78 is 1.68. The minimum atomic E-state index is -0.207. The van der Waals surface area contributed by atoms with E-state index in [-0.39, 0.29) is 47.1 Å². The van der Waals surface area contributed by atoms with Crippen LogP contribution in [-0.4, -0.2) is 28.5 Å². The molecular formula is C26H23N3O3S2. The molecule has 4 atom stereocenters. The second kappa shape index (κ2) is 8.06. The Balaban J connectivity index is 1.17. The molecule has 3 aliphatic rings. The summed E-state index contributed by atoms with van der Waals surface area (Å²) in [5.74, 6) is -0.00343. The molecule has 172 valence electrons. The lowest BCUT2D eigenvalue weighted by Crippen LogP contribution is -2.32. The van der Waals surface area contributed by atoms with Crippen molar-refractivity contribution in [1.82, 2.24) is 4.98 Å². The molecule has 0 unspecified atom stereocenters. The highest BCUT2D eigenvalue weighted by Gasteiger charge is 2.59. The number of carbonyl (C=O) groups is 3. The number of hydrogen-bond acceptors (Lipinski definition) is 6. The summed E-state index contributed by atoms with van der Waals surface area (Å²) in [6.07, 6.45) is 5.13. The van der Waals surface area contributed by atoms with Crippen LogP contribution in [0.4, 0.5) is 11.4 Å². The molecule has 6 rings (SSSR count). The highest BCUT2D eigenvalue weighted by atomic mass is 32.2. The summed E-state index contributed by atoms with van der Waals surface area (Å²) in [5.41, 5.74) is 4.44. The Morgan fingerprint density at radius 3 is 2.59 bits per heavy atom. The number of nitrogens with zero attached hydrogens (tertiary/aromatic N) is 2. The maximum absolute atomic E-state index is 13.1. The fourth-order valence-electron chi connectivity index (χ4n) is 5.45. The monoisotopic (exact) mass is 489 g/mol. The Kier molecular flexibility index (Phi) is 5.11. The van der Waals surface area contributed by atoms with Gasteiger partial charge in [0.25, 0.3) is 0 Å². The summed E-state index contributed by atoms with van der Waals surface area (Å²) in [7, 11) is 0. The van der Waals surface area contributed by atoms with Gasteiger partial charge in [0.15, 0.2) is 4.34 Å². The Bertz CT molecular complexity index is 1370. The third kappa shape index (κ3) is 3.39. The number of carbonyl (C=O) groups excluding carboxylic acids is 3. The number of allylic oxidation sites excluding steroid dienone is 2. The van der Waals surface area contributed by atoms with Gasteiger partial charge in [0.1, 0.15) is 0 Å². The minimum Gasteiger partial charge on any atom is -0.325 e. The number of imide groups is 1. The van der Waals surface area contributed by atoms with Crippen molar-refractivity contribution < 1.29 is 14.4 Å². The van der Waals surface area contributed by atoms with Crippen LogP contribution in [0.5, 0.6) is 0 Å². The van der Waals surface area contributed by atoms with Gasteiger partial charge in [-0.15, -0.1) is 11.3 Å². The van der Waals surface area contributed by atoms with E-state index in [2.05, 4.69) is 22.5 Å². The molecule has 1 N–H and O–H groups in total. The first-order valence-electron chi connectivity index (χ1n) is 11.4. The average Bonchev–Trinajstić information content (AvgIpc) is 3.58. The van der Waals surface area contributed by atoms with Crippen LogP contribution in [0.25, 0.3) is 10.2 Å². The largest absolute Gasteiger partial charge is 0.325 e. The molecule has 0 spiro atoms. The lowest BCUT2D eigenvalue weighted by Gasteiger charge is -2.17. The summed E-state index contributed by atoms with van der Waals surface area (Å²) in [4.78, 5) is 44.7. The Morgan fingerprint density at radius 2 is 1.85 bits per heavy atom. The quantitative estimate of drug-likeness (QED) is 0.311. The molecule has 6 nitrogen and oxygen atoms in total. The maximum Gasteiger partial charge on any atom is 0.238 e. The topological polar surface area (TPSA) is 79.4 Å². The molecule has 0 radical (unpaired) electrons. The van der Waals surface area contributed by atoms with Gasteiger partial charge in [0.05, 0.1) is 33.5 Å². The number of aryl methyl sites for hydroxylation is 1. The highest BCUT2D eigenvalue weighted by molar-refractivity contribution is 8.01. The molecule has 2 heterocycles. The number of fused-ring (bicyclic) bond motifs is 6. The van der Waals surface area contributed by atoms with E-state index in [1.54, 1.807) is 6.07 Å². The van der Waals surface area contributed by atoms with Gasteiger partial charge in [0.2, 0.25) is 17.7 Å². The zero-order valence-electron chi connectivity index (χ0n) is 18.8. The second-order valence-electron chi connectivity index (χ2n) is 9.23. The van der Waals surface area contributed by atoms with E-state index < -0.39 is 0 Å². The number of anilines is 2. The maximum atomic E-state index is 13.1. The molecule has 1 aromatic heterocycles. The number of nitrogens with one attached hydrogen (secondary N) is 1. The molecule has 1 aliphatic heterocycles. The third-order valence-corrected chi connectivity index (χ3v) is 9.45. The Labute approximate surface area is 205 Å². The summed E-state index contributed by atoms with van der Waals surface area (Å²) in [6.45, 7) is 4.01. The number of amides is 3. The third-order valence-electron chi connectivity index (χ3n) is 7.29. The van der Waals surface area contributed by atoms with Gasteiger partial charge < -0.3 is 5.32 Å². The van der Waals surface area contributed by atoms with Crippen molar-refractivity contribution in [2.75, 3.05) is 16.0 Å². The SMILES string of the molecule is Cc1cccc(NC(=O)CSc2nc3ccc(N4C(=O)[C@H]5[C@H](C4=O)[C@H]4C=C[C@H]5C4)cc3s2)c1C. The Hall–Kier alpha value is -2.97. The molecule has 2 aromatic carbocycles. The van der Waals surface area contributed by atoms with Gasteiger partial charge in [-0.3, -0.25) is 14.4 Å². The first kappa shape index (κ1) is 21.6. The Morgan fingerprint density at radius 1 is 1.12 bits per heavy atom. The predicted octanol–water partition coefficient (Wildman–Crippen LogP) is 4.96. The fraction of sp³-hybridized carbons (Fsp3) is 0.308. The first-order valence-corrected chi connectivity index (χ1v) is 13.2. The lowest BCUT2D eigenvalue weighted by molar-refractivity contribution is -0.123. The molecule has 8 heteroatoms. The smallest absolute Gasteiger partial charge is 0.238 e. The number of rotatable bonds is 5. The minimum absolute atomic E-state index is 0.0755. The van der Waals surface area contributed by atoms with Crippen LogP contribution >= 0.6 is 23.1 Å². The summed E-state index contributed by atoms with van der Waals surface area (Å²) in [6, 6.07) is 11.4. The van der Waals surface area contributed by atoms with Crippen LogP contribution in [-0.2, 0) is 14.4 Å². The first-order chi connectivity index (χ1) is 16.4. The zero-order valence-corrected chi connectivity index (χ0v) is 20.4. The van der Waals surface area contributed by atoms with Crippen molar-refractivity contribution in [2.24, 2.45) is 23.7 Å². The van der Waals surface area contributed by atoms with Gasteiger partial charge in [-0.25, -0.2) is 9.88 Å². The zero-order chi connectivity index (χ0) is 23.6. The summed E-state index contributed by atoms with van der Waals surface area (Å²) >= 11 is 2.86. The molecule has 1 saturated carbocycles. The van der Waals surface area contributed by atoms with E-state index in [9.17, 15) is 14.4 Å². The predicted molar refractivity (Wildman–Crippen MR) is 135 cm³/mol. The molecule has 1 saturated heterocycles. The van der Waals surface area contributed by atoms with Gasteiger partial charge in [-0.1, -0.05) is 36.0 Å². The van der Waals surface area contributed by atoms with E-state index in [1.807, 2.05) is 44.2 Å². The van der Waals surface area contributed by atoms with Crippen molar-refractivity contribution in [1.29, 1.82) is 0 Å². The second-order valence-corrected chi connectivity index (χ2v) is 11.5. The van der Waals surface area contributed by atoms with Gasteiger partial charge >= 0.3 is 0 Å².